The number of urea groups is 1. The summed E-state index contributed by atoms with van der Waals surface area (Å²) in [5, 5.41) is 2.19. The first-order chi connectivity index (χ1) is 13.3. The third kappa shape index (κ3) is 5.30. The Bertz CT molecular complexity index is 956. The molecule has 2 aromatic rings. The Labute approximate surface area is 161 Å². The summed E-state index contributed by atoms with van der Waals surface area (Å²) in [6.07, 6.45) is -0.272. The van der Waals surface area contributed by atoms with Gasteiger partial charge in [-0.05, 0) is 11.6 Å². The zero-order valence-electron chi connectivity index (χ0n) is 15.3. The highest BCUT2D eigenvalue weighted by Crippen LogP contribution is 2.18. The summed E-state index contributed by atoms with van der Waals surface area (Å²) in [4.78, 5) is 31.1. The van der Waals surface area contributed by atoms with Gasteiger partial charge in [0.05, 0.1) is 38.7 Å². The van der Waals surface area contributed by atoms with E-state index in [4.69, 9.17) is 9.47 Å². The van der Waals surface area contributed by atoms with Crippen LogP contribution in [0.2, 0.25) is 0 Å². The van der Waals surface area contributed by atoms with Gasteiger partial charge in [-0.25, -0.2) is 17.9 Å². The molecule has 28 heavy (non-hydrogen) atoms. The first kappa shape index (κ1) is 20.9. The molecule has 11 nitrogen and oxygen atoms in total. The van der Waals surface area contributed by atoms with Gasteiger partial charge in [0.15, 0.2) is 0 Å². The number of aromatic nitrogens is 2. The highest BCUT2D eigenvalue weighted by molar-refractivity contribution is 7.90. The molecule has 1 aromatic carbocycles. The number of nitrogens with one attached hydrogen (secondary N) is 2. The normalized spacial score (nSPS) is 10.7. The van der Waals surface area contributed by atoms with E-state index in [-0.39, 0.29) is 34.6 Å². The third-order valence-electron chi connectivity index (χ3n) is 3.37. The average Bonchev–Trinajstić information content (AvgIpc) is 2.67. The highest BCUT2D eigenvalue weighted by atomic mass is 32.2. The molecule has 0 aliphatic carbocycles. The van der Waals surface area contributed by atoms with Crippen LogP contribution >= 0.6 is 0 Å². The SMILES string of the molecule is COC(=O)Cc1ccccc1S(=O)(=O)NC(=O)Nc1nc(OC)cc(OC)n1. The zero-order chi connectivity index (χ0) is 20.7. The van der Waals surface area contributed by atoms with Crippen LogP contribution in [0.1, 0.15) is 5.56 Å². The molecule has 0 aliphatic rings. The molecule has 0 atom stereocenters. The highest BCUT2D eigenvalue weighted by Gasteiger charge is 2.23. The summed E-state index contributed by atoms with van der Waals surface area (Å²) in [6.45, 7) is 0. The van der Waals surface area contributed by atoms with E-state index in [1.165, 1.54) is 45.6 Å². The minimum Gasteiger partial charge on any atom is -0.481 e. The number of hydrogen-bond acceptors (Lipinski definition) is 9. The number of benzene rings is 1. The minimum atomic E-state index is -4.28. The fraction of sp³-hybridized carbons (Fsp3) is 0.250. The van der Waals surface area contributed by atoms with Crippen LogP contribution in [-0.2, 0) is 26.0 Å². The van der Waals surface area contributed by atoms with Crippen LogP contribution in [0.4, 0.5) is 10.7 Å². The van der Waals surface area contributed by atoms with Crippen LogP contribution < -0.4 is 19.5 Å². The van der Waals surface area contributed by atoms with Crippen molar-refractivity contribution in [1.29, 1.82) is 0 Å². The number of carbonyl (C=O) groups excluding carboxylic acids is 2. The van der Waals surface area contributed by atoms with E-state index in [1.807, 2.05) is 4.72 Å². The molecule has 0 spiro atoms. The van der Waals surface area contributed by atoms with Gasteiger partial charge < -0.3 is 14.2 Å². The summed E-state index contributed by atoms with van der Waals surface area (Å²) < 4.78 is 41.4. The van der Waals surface area contributed by atoms with Crippen molar-refractivity contribution in [1.82, 2.24) is 14.7 Å². The van der Waals surface area contributed by atoms with E-state index in [0.717, 1.165) is 0 Å². The van der Waals surface area contributed by atoms with E-state index < -0.39 is 22.0 Å². The number of rotatable bonds is 7. The van der Waals surface area contributed by atoms with E-state index in [0.29, 0.717) is 0 Å². The van der Waals surface area contributed by atoms with Crippen molar-refractivity contribution in [3.05, 3.63) is 35.9 Å². The van der Waals surface area contributed by atoms with E-state index in [1.54, 1.807) is 6.07 Å². The van der Waals surface area contributed by atoms with Gasteiger partial charge in [-0.3, -0.25) is 10.1 Å². The molecule has 150 valence electrons. The zero-order valence-corrected chi connectivity index (χ0v) is 16.1. The van der Waals surface area contributed by atoms with Crippen LogP contribution in [0.25, 0.3) is 0 Å². The lowest BCUT2D eigenvalue weighted by Gasteiger charge is -2.12. The van der Waals surface area contributed by atoms with Crippen molar-refractivity contribution < 1.29 is 32.2 Å². The van der Waals surface area contributed by atoms with Crippen molar-refractivity contribution in [2.45, 2.75) is 11.3 Å². The van der Waals surface area contributed by atoms with Gasteiger partial charge in [-0.1, -0.05) is 18.2 Å². The largest absolute Gasteiger partial charge is 0.481 e. The molecule has 0 radical (unpaired) electrons. The molecule has 2 N–H and O–H groups in total. The van der Waals surface area contributed by atoms with Gasteiger partial charge in [0, 0.05) is 0 Å². The molecule has 0 fully saturated rings. The molecule has 0 unspecified atom stereocenters. The Morgan fingerprint density at radius 1 is 1.04 bits per heavy atom. The van der Waals surface area contributed by atoms with Crippen molar-refractivity contribution >= 4 is 28.0 Å². The van der Waals surface area contributed by atoms with Gasteiger partial charge >= 0.3 is 12.0 Å². The second-order valence-electron chi connectivity index (χ2n) is 5.20. The molecular formula is C16H18N4O7S. The van der Waals surface area contributed by atoms with Crippen LogP contribution in [0, 0.1) is 0 Å². The molecule has 2 amide bonds. The first-order valence-electron chi connectivity index (χ1n) is 7.74. The smallest absolute Gasteiger partial charge is 0.335 e. The summed E-state index contributed by atoms with van der Waals surface area (Å²) in [5.41, 5.74) is 0.175. The lowest BCUT2D eigenvalue weighted by atomic mass is 10.1. The van der Waals surface area contributed by atoms with Crippen LogP contribution in [0.3, 0.4) is 0 Å². The molecule has 0 bridgehead atoms. The van der Waals surface area contributed by atoms with Crippen molar-refractivity contribution in [3.63, 3.8) is 0 Å². The number of nitrogens with zero attached hydrogens (tertiary/aromatic N) is 2. The van der Waals surface area contributed by atoms with Crippen molar-refractivity contribution in [3.8, 4) is 11.8 Å². The third-order valence-corrected chi connectivity index (χ3v) is 4.81. The van der Waals surface area contributed by atoms with Crippen LogP contribution in [0.5, 0.6) is 11.8 Å². The number of methoxy groups -OCH3 is 3. The molecule has 2 rings (SSSR count). The molecule has 1 heterocycles. The van der Waals surface area contributed by atoms with Crippen molar-refractivity contribution in [2.75, 3.05) is 26.6 Å². The van der Waals surface area contributed by atoms with E-state index >= 15 is 0 Å². The number of anilines is 1. The summed E-state index contributed by atoms with van der Waals surface area (Å²) >= 11 is 0. The van der Waals surface area contributed by atoms with E-state index in [9.17, 15) is 18.0 Å². The number of ether oxygens (including phenoxy) is 3. The van der Waals surface area contributed by atoms with Gasteiger partial charge in [0.25, 0.3) is 10.0 Å². The standard InChI is InChI=1S/C16H18N4O7S/c1-25-12-9-13(26-2)18-15(17-12)19-16(22)20-28(23,24)11-7-5-4-6-10(11)8-14(21)27-3/h4-7,9H,8H2,1-3H3,(H2,17,18,19,20,22). The van der Waals surface area contributed by atoms with Gasteiger partial charge in [0.2, 0.25) is 17.7 Å². The van der Waals surface area contributed by atoms with E-state index in [2.05, 4.69) is 20.0 Å². The summed E-state index contributed by atoms with van der Waals surface area (Å²) in [7, 11) is -0.384. The van der Waals surface area contributed by atoms with Gasteiger partial charge in [-0.2, -0.15) is 9.97 Å². The summed E-state index contributed by atoms with van der Waals surface area (Å²) in [6, 6.07) is 6.00. The maximum atomic E-state index is 12.6. The summed E-state index contributed by atoms with van der Waals surface area (Å²) in [5.74, 6) is -0.641. The Balaban J connectivity index is 2.21. The maximum absolute atomic E-state index is 12.6. The van der Waals surface area contributed by atoms with Crippen LogP contribution in [0.15, 0.2) is 35.2 Å². The second kappa shape index (κ2) is 8.99. The minimum absolute atomic E-state index is 0.105. The number of sulfonamides is 1. The molecule has 12 heteroatoms. The average molecular weight is 410 g/mol. The fourth-order valence-corrected chi connectivity index (χ4v) is 3.26. The molecule has 1 aromatic heterocycles. The molecule has 0 aliphatic heterocycles. The Hall–Kier alpha value is -3.41. The first-order valence-corrected chi connectivity index (χ1v) is 9.23. The monoisotopic (exact) mass is 410 g/mol. The Morgan fingerprint density at radius 2 is 1.64 bits per heavy atom. The predicted molar refractivity (Wildman–Crippen MR) is 96.6 cm³/mol. The van der Waals surface area contributed by atoms with Crippen molar-refractivity contribution in [2.24, 2.45) is 0 Å². The van der Waals surface area contributed by atoms with Crippen LogP contribution in [-0.4, -0.2) is 51.7 Å². The number of amides is 2. The Kier molecular flexibility index (Phi) is 6.71. The predicted octanol–water partition coefficient (Wildman–Crippen LogP) is 0.720. The second-order valence-corrected chi connectivity index (χ2v) is 6.85. The van der Waals surface area contributed by atoms with Gasteiger partial charge in [-0.15, -0.1) is 0 Å². The molecule has 0 saturated carbocycles. The lowest BCUT2D eigenvalue weighted by molar-refractivity contribution is -0.139. The molecule has 0 saturated heterocycles. The Morgan fingerprint density at radius 3 is 2.21 bits per heavy atom. The number of hydrogen-bond donors (Lipinski definition) is 2. The quantitative estimate of drug-likeness (QED) is 0.630. The van der Waals surface area contributed by atoms with Gasteiger partial charge in [0.1, 0.15) is 0 Å². The topological polar surface area (TPSA) is 146 Å². The lowest BCUT2D eigenvalue weighted by Crippen LogP contribution is -2.35. The maximum Gasteiger partial charge on any atom is 0.335 e. The number of carbonyl (C=O) groups is 2. The molecular weight excluding hydrogens is 392 g/mol. The fourth-order valence-electron chi connectivity index (χ4n) is 2.11. The number of esters is 1.